The summed E-state index contributed by atoms with van der Waals surface area (Å²) in [7, 11) is 0. The lowest BCUT2D eigenvalue weighted by molar-refractivity contribution is -0.139. The van der Waals surface area contributed by atoms with Crippen molar-refractivity contribution in [1.82, 2.24) is 9.97 Å². The van der Waals surface area contributed by atoms with E-state index in [-0.39, 0.29) is 5.75 Å². The van der Waals surface area contributed by atoms with Gasteiger partial charge in [0.25, 0.3) is 0 Å². The minimum absolute atomic E-state index is 0.177. The fraction of sp³-hybridized carbons (Fsp3) is 0.261. The molecule has 0 amide bonds. The molecule has 28 heavy (non-hydrogen) atoms. The number of carbonyl (C=O) groups is 1. The molecule has 144 valence electrons. The van der Waals surface area contributed by atoms with Gasteiger partial charge in [0, 0.05) is 22.9 Å². The molecular formula is C23H24N2O3. The maximum absolute atomic E-state index is 11.9. The number of phenols is 1. The van der Waals surface area contributed by atoms with E-state index in [0.717, 1.165) is 29.5 Å². The van der Waals surface area contributed by atoms with Gasteiger partial charge < -0.3 is 10.2 Å². The summed E-state index contributed by atoms with van der Waals surface area (Å²) in [6.45, 7) is 4.03. The number of aromatic nitrogens is 2. The van der Waals surface area contributed by atoms with Crippen molar-refractivity contribution in [1.29, 1.82) is 0 Å². The van der Waals surface area contributed by atoms with Crippen LogP contribution in [0.1, 0.15) is 43.7 Å². The summed E-state index contributed by atoms with van der Waals surface area (Å²) in [6.07, 6.45) is 5.14. The fourth-order valence-corrected chi connectivity index (χ4v) is 3.46. The van der Waals surface area contributed by atoms with Crippen molar-refractivity contribution < 1.29 is 15.0 Å². The minimum atomic E-state index is -0.882. The van der Waals surface area contributed by atoms with Crippen LogP contribution >= 0.6 is 0 Å². The number of para-hydroxylation sites is 1. The fourth-order valence-electron chi connectivity index (χ4n) is 3.46. The third-order valence-electron chi connectivity index (χ3n) is 4.93. The highest BCUT2D eigenvalue weighted by Gasteiger charge is 2.25. The highest BCUT2D eigenvalue weighted by Crippen LogP contribution is 2.39. The summed E-state index contributed by atoms with van der Waals surface area (Å²) >= 11 is 0. The number of carboxylic acid groups (broad SMARTS) is 1. The number of benzene rings is 2. The second kappa shape index (κ2) is 8.65. The van der Waals surface area contributed by atoms with Gasteiger partial charge in [0.2, 0.25) is 0 Å². The van der Waals surface area contributed by atoms with E-state index in [1.54, 1.807) is 18.3 Å². The molecule has 0 fully saturated rings. The summed E-state index contributed by atoms with van der Waals surface area (Å²) in [5.41, 5.74) is 4.63. The average molecular weight is 376 g/mol. The number of hydrogen-bond donors (Lipinski definition) is 2. The number of nitrogens with zero attached hydrogens (tertiary/aromatic N) is 2. The van der Waals surface area contributed by atoms with E-state index in [0.29, 0.717) is 23.2 Å². The minimum Gasteiger partial charge on any atom is -0.507 e. The van der Waals surface area contributed by atoms with Crippen LogP contribution in [0.4, 0.5) is 0 Å². The molecule has 0 radical (unpaired) electrons. The SMILES string of the molecule is CCCC(C(=O)O)c1cncnc1-c1ccc(CC)cc1-c1ccccc1O. The molecular weight excluding hydrogens is 352 g/mol. The van der Waals surface area contributed by atoms with Gasteiger partial charge in [-0.3, -0.25) is 4.79 Å². The Bertz CT molecular complexity index is 985. The van der Waals surface area contributed by atoms with Crippen molar-refractivity contribution >= 4 is 5.97 Å². The Labute approximate surface area is 164 Å². The van der Waals surface area contributed by atoms with Crippen LogP contribution in [0.2, 0.25) is 0 Å². The molecule has 5 nitrogen and oxygen atoms in total. The van der Waals surface area contributed by atoms with Crippen molar-refractivity contribution in [2.24, 2.45) is 0 Å². The van der Waals surface area contributed by atoms with Gasteiger partial charge in [-0.2, -0.15) is 0 Å². The molecule has 0 aliphatic heterocycles. The predicted octanol–water partition coefficient (Wildman–Crippen LogP) is 5.05. The average Bonchev–Trinajstić information content (AvgIpc) is 2.72. The molecule has 5 heteroatoms. The molecule has 1 atom stereocenters. The zero-order valence-corrected chi connectivity index (χ0v) is 16.1. The Morgan fingerprint density at radius 3 is 2.54 bits per heavy atom. The van der Waals surface area contributed by atoms with E-state index in [9.17, 15) is 15.0 Å². The van der Waals surface area contributed by atoms with Gasteiger partial charge in [-0.25, -0.2) is 9.97 Å². The first-order valence-corrected chi connectivity index (χ1v) is 9.51. The molecule has 0 aliphatic rings. The lowest BCUT2D eigenvalue weighted by atomic mass is 9.88. The van der Waals surface area contributed by atoms with Gasteiger partial charge in [0.15, 0.2) is 0 Å². The molecule has 2 aromatic carbocycles. The van der Waals surface area contributed by atoms with Crippen LogP contribution in [0.3, 0.4) is 0 Å². The van der Waals surface area contributed by atoms with E-state index in [2.05, 4.69) is 16.9 Å². The summed E-state index contributed by atoms with van der Waals surface area (Å²) in [6, 6.07) is 13.2. The van der Waals surface area contributed by atoms with Crippen LogP contribution in [0.25, 0.3) is 22.4 Å². The smallest absolute Gasteiger partial charge is 0.311 e. The van der Waals surface area contributed by atoms with Crippen molar-refractivity contribution in [3.8, 4) is 28.1 Å². The maximum atomic E-state index is 11.9. The third kappa shape index (κ3) is 3.88. The first-order valence-electron chi connectivity index (χ1n) is 9.51. The van der Waals surface area contributed by atoms with Gasteiger partial charge in [-0.05, 0) is 30.0 Å². The zero-order valence-electron chi connectivity index (χ0n) is 16.1. The Kier molecular flexibility index (Phi) is 6.04. The molecule has 2 N–H and O–H groups in total. The van der Waals surface area contributed by atoms with E-state index >= 15 is 0 Å². The molecule has 0 saturated carbocycles. The first kappa shape index (κ1) is 19.5. The second-order valence-electron chi connectivity index (χ2n) is 6.76. The lowest BCUT2D eigenvalue weighted by Crippen LogP contribution is -2.13. The molecule has 1 aromatic heterocycles. The lowest BCUT2D eigenvalue weighted by Gasteiger charge is -2.18. The number of carboxylic acids is 1. The second-order valence-corrected chi connectivity index (χ2v) is 6.76. The number of rotatable bonds is 7. The van der Waals surface area contributed by atoms with Gasteiger partial charge >= 0.3 is 5.97 Å². The van der Waals surface area contributed by atoms with E-state index < -0.39 is 11.9 Å². The largest absolute Gasteiger partial charge is 0.507 e. The topological polar surface area (TPSA) is 83.3 Å². The molecule has 1 heterocycles. The van der Waals surface area contributed by atoms with E-state index in [1.807, 2.05) is 37.3 Å². The highest BCUT2D eigenvalue weighted by molar-refractivity contribution is 5.88. The van der Waals surface area contributed by atoms with E-state index in [4.69, 9.17) is 0 Å². The molecule has 0 aliphatic carbocycles. The third-order valence-corrected chi connectivity index (χ3v) is 4.93. The number of aliphatic carboxylic acids is 1. The highest BCUT2D eigenvalue weighted by atomic mass is 16.4. The van der Waals surface area contributed by atoms with Gasteiger partial charge in [0.05, 0.1) is 11.6 Å². The molecule has 3 rings (SSSR count). The number of aromatic hydroxyl groups is 1. The number of hydrogen-bond acceptors (Lipinski definition) is 4. The normalized spacial score (nSPS) is 11.9. The summed E-state index contributed by atoms with van der Waals surface area (Å²) in [4.78, 5) is 20.4. The Morgan fingerprint density at radius 2 is 1.86 bits per heavy atom. The zero-order chi connectivity index (χ0) is 20.1. The summed E-state index contributed by atoms with van der Waals surface area (Å²) in [5.74, 6) is -1.38. The van der Waals surface area contributed by atoms with Gasteiger partial charge in [-0.15, -0.1) is 0 Å². The van der Waals surface area contributed by atoms with Crippen LogP contribution < -0.4 is 0 Å². The van der Waals surface area contributed by atoms with Crippen LogP contribution in [0.15, 0.2) is 55.0 Å². The van der Waals surface area contributed by atoms with Crippen LogP contribution in [-0.2, 0) is 11.2 Å². The molecule has 3 aromatic rings. The van der Waals surface area contributed by atoms with Crippen LogP contribution in [0.5, 0.6) is 5.75 Å². The maximum Gasteiger partial charge on any atom is 0.311 e. The van der Waals surface area contributed by atoms with Crippen LogP contribution in [0, 0.1) is 0 Å². The Balaban J connectivity index is 2.26. The molecule has 0 spiro atoms. The first-order chi connectivity index (χ1) is 13.6. The Hall–Kier alpha value is -3.21. The predicted molar refractivity (Wildman–Crippen MR) is 109 cm³/mol. The molecule has 0 bridgehead atoms. The molecule has 1 unspecified atom stereocenters. The van der Waals surface area contributed by atoms with Gasteiger partial charge in [-0.1, -0.05) is 56.7 Å². The van der Waals surface area contributed by atoms with Crippen molar-refractivity contribution in [2.75, 3.05) is 0 Å². The monoisotopic (exact) mass is 376 g/mol. The van der Waals surface area contributed by atoms with Gasteiger partial charge in [0.1, 0.15) is 12.1 Å². The molecule has 0 saturated heterocycles. The van der Waals surface area contributed by atoms with Crippen molar-refractivity contribution in [3.05, 3.63) is 66.1 Å². The van der Waals surface area contributed by atoms with Crippen LogP contribution in [-0.4, -0.2) is 26.2 Å². The van der Waals surface area contributed by atoms with Crippen molar-refractivity contribution in [2.45, 2.75) is 39.0 Å². The quantitative estimate of drug-likeness (QED) is 0.603. The number of aryl methyl sites for hydroxylation is 1. The standard InChI is InChI=1S/C23H24N2O3/c1-3-7-18(23(27)28)20-13-24-14-25-22(20)17-11-10-15(4-2)12-19(17)16-8-5-6-9-21(16)26/h5-6,8-14,18,26H,3-4,7H2,1-2H3,(H,27,28). The summed E-state index contributed by atoms with van der Waals surface area (Å²) < 4.78 is 0. The summed E-state index contributed by atoms with van der Waals surface area (Å²) in [5, 5.41) is 20.2. The van der Waals surface area contributed by atoms with Crippen molar-refractivity contribution in [3.63, 3.8) is 0 Å². The van der Waals surface area contributed by atoms with E-state index in [1.165, 1.54) is 6.33 Å². The number of phenolic OH excluding ortho intramolecular Hbond substituents is 1. The Morgan fingerprint density at radius 1 is 1.07 bits per heavy atom.